The van der Waals surface area contributed by atoms with Crippen LogP contribution in [0.25, 0.3) is 10.9 Å². The van der Waals surface area contributed by atoms with Crippen LogP contribution in [0.15, 0.2) is 71.5 Å². The summed E-state index contributed by atoms with van der Waals surface area (Å²) in [7, 11) is 1.55. The van der Waals surface area contributed by atoms with Crippen molar-refractivity contribution in [3.05, 3.63) is 77.0 Å². The second-order valence-electron chi connectivity index (χ2n) is 6.92. The number of aromatic nitrogens is 2. The summed E-state index contributed by atoms with van der Waals surface area (Å²) in [4.78, 5) is 27.4. The van der Waals surface area contributed by atoms with Gasteiger partial charge in [-0.15, -0.1) is 0 Å². The van der Waals surface area contributed by atoms with Crippen LogP contribution in [0.2, 0.25) is 0 Å². The molecule has 0 saturated heterocycles. The first-order valence-corrected chi connectivity index (χ1v) is 10.5. The fraction of sp³-hybridized carbons (Fsp3) is 0.0870. The van der Waals surface area contributed by atoms with Gasteiger partial charge in [0.25, 0.3) is 0 Å². The Kier molecular flexibility index (Phi) is 6.37. The standard InChI is InChI=1S/C23H20BrN5O3/c1-32-21-6-5-16(24)12-19(21)28-23(31)27-18-3-2-4-20-17(18)8-10-29(20)13-15-7-9-25-22(11-15)26-14-30/h2-12,14H,13H2,1H3,(H,25,26,30)(H2,27,28,31). The molecule has 3 N–H and O–H groups in total. The van der Waals surface area contributed by atoms with Gasteiger partial charge in [-0.1, -0.05) is 22.0 Å². The minimum atomic E-state index is -0.375. The summed E-state index contributed by atoms with van der Waals surface area (Å²) in [6.45, 7) is 0.588. The summed E-state index contributed by atoms with van der Waals surface area (Å²) in [5, 5.41) is 9.21. The van der Waals surface area contributed by atoms with Gasteiger partial charge in [-0.3, -0.25) is 4.79 Å². The van der Waals surface area contributed by atoms with E-state index in [9.17, 15) is 9.59 Å². The van der Waals surface area contributed by atoms with E-state index in [-0.39, 0.29) is 6.03 Å². The topological polar surface area (TPSA) is 97.3 Å². The Balaban J connectivity index is 1.54. The van der Waals surface area contributed by atoms with Crippen LogP contribution in [0, 0.1) is 0 Å². The predicted octanol–water partition coefficient (Wildman–Crippen LogP) is 5.07. The molecule has 0 aliphatic rings. The Hall–Kier alpha value is -3.85. The van der Waals surface area contributed by atoms with Crippen molar-refractivity contribution < 1.29 is 14.3 Å². The number of carbonyl (C=O) groups is 2. The van der Waals surface area contributed by atoms with E-state index in [2.05, 4.69) is 41.4 Å². The molecule has 0 aliphatic carbocycles. The Morgan fingerprint density at radius 3 is 2.78 bits per heavy atom. The van der Waals surface area contributed by atoms with Gasteiger partial charge in [-0.2, -0.15) is 0 Å². The van der Waals surface area contributed by atoms with Gasteiger partial charge in [0.15, 0.2) is 0 Å². The zero-order valence-electron chi connectivity index (χ0n) is 17.1. The molecule has 0 spiro atoms. The maximum Gasteiger partial charge on any atom is 0.323 e. The average molecular weight is 494 g/mol. The molecule has 3 amide bonds. The van der Waals surface area contributed by atoms with Gasteiger partial charge in [-0.05, 0) is 54.1 Å². The summed E-state index contributed by atoms with van der Waals surface area (Å²) in [6, 6.07) is 16.4. The van der Waals surface area contributed by atoms with Crippen LogP contribution in [0.4, 0.5) is 22.0 Å². The first-order chi connectivity index (χ1) is 15.6. The molecule has 162 valence electrons. The van der Waals surface area contributed by atoms with Crippen molar-refractivity contribution in [2.75, 3.05) is 23.1 Å². The van der Waals surface area contributed by atoms with E-state index in [0.717, 1.165) is 20.9 Å². The number of hydrogen-bond acceptors (Lipinski definition) is 4. The summed E-state index contributed by atoms with van der Waals surface area (Å²) >= 11 is 3.40. The third-order valence-electron chi connectivity index (χ3n) is 4.86. The van der Waals surface area contributed by atoms with Crippen LogP contribution in [-0.4, -0.2) is 29.1 Å². The van der Waals surface area contributed by atoms with Crippen LogP contribution < -0.4 is 20.7 Å². The van der Waals surface area contributed by atoms with Crippen molar-refractivity contribution >= 4 is 56.5 Å². The number of pyridine rings is 1. The number of anilines is 3. The van der Waals surface area contributed by atoms with Crippen molar-refractivity contribution in [3.8, 4) is 5.75 Å². The minimum Gasteiger partial charge on any atom is -0.495 e. The summed E-state index contributed by atoms with van der Waals surface area (Å²) in [6.07, 6.45) is 4.21. The molecule has 9 heteroatoms. The molecular weight excluding hydrogens is 474 g/mol. The number of benzene rings is 2. The van der Waals surface area contributed by atoms with Crippen molar-refractivity contribution in [1.29, 1.82) is 0 Å². The molecule has 0 radical (unpaired) electrons. The van der Waals surface area contributed by atoms with E-state index >= 15 is 0 Å². The lowest BCUT2D eigenvalue weighted by molar-refractivity contribution is -0.105. The van der Waals surface area contributed by atoms with Gasteiger partial charge in [-0.25, -0.2) is 9.78 Å². The van der Waals surface area contributed by atoms with Gasteiger partial charge in [0, 0.05) is 28.8 Å². The molecule has 0 saturated carbocycles. The van der Waals surface area contributed by atoms with Gasteiger partial charge in [0.2, 0.25) is 6.41 Å². The summed E-state index contributed by atoms with van der Waals surface area (Å²) in [5.74, 6) is 1.06. The van der Waals surface area contributed by atoms with Gasteiger partial charge < -0.3 is 25.3 Å². The summed E-state index contributed by atoms with van der Waals surface area (Å²) < 4.78 is 8.20. The third-order valence-corrected chi connectivity index (χ3v) is 5.35. The van der Waals surface area contributed by atoms with Crippen LogP contribution >= 0.6 is 15.9 Å². The fourth-order valence-corrected chi connectivity index (χ4v) is 3.79. The molecule has 4 aromatic rings. The lowest BCUT2D eigenvalue weighted by Crippen LogP contribution is -2.20. The number of nitrogens with one attached hydrogen (secondary N) is 3. The molecule has 0 atom stereocenters. The molecule has 2 heterocycles. The van der Waals surface area contributed by atoms with Crippen molar-refractivity contribution in [3.63, 3.8) is 0 Å². The van der Waals surface area contributed by atoms with Gasteiger partial charge in [0.05, 0.1) is 24.0 Å². The molecule has 0 unspecified atom stereocenters. The molecule has 4 rings (SSSR count). The Labute approximate surface area is 192 Å². The lowest BCUT2D eigenvalue weighted by Gasteiger charge is -2.12. The van der Waals surface area contributed by atoms with Crippen LogP contribution in [0.5, 0.6) is 5.75 Å². The zero-order chi connectivity index (χ0) is 22.5. The van der Waals surface area contributed by atoms with E-state index in [1.54, 1.807) is 25.4 Å². The predicted molar refractivity (Wildman–Crippen MR) is 128 cm³/mol. The lowest BCUT2D eigenvalue weighted by atomic mass is 10.2. The molecule has 0 bridgehead atoms. The van der Waals surface area contributed by atoms with Crippen molar-refractivity contribution in [2.24, 2.45) is 0 Å². The van der Waals surface area contributed by atoms with E-state index in [1.807, 2.05) is 48.7 Å². The second kappa shape index (κ2) is 9.52. The number of fused-ring (bicyclic) bond motifs is 1. The third kappa shape index (κ3) is 4.73. The number of urea groups is 1. The van der Waals surface area contributed by atoms with Crippen LogP contribution in [-0.2, 0) is 11.3 Å². The minimum absolute atomic E-state index is 0.375. The zero-order valence-corrected chi connectivity index (χ0v) is 18.7. The van der Waals surface area contributed by atoms with E-state index in [0.29, 0.717) is 35.9 Å². The van der Waals surface area contributed by atoms with E-state index in [4.69, 9.17) is 4.74 Å². The molecule has 0 fully saturated rings. The molecule has 8 nitrogen and oxygen atoms in total. The van der Waals surface area contributed by atoms with Gasteiger partial charge in [0.1, 0.15) is 11.6 Å². The quantitative estimate of drug-likeness (QED) is 0.313. The Bertz CT molecular complexity index is 1290. The number of rotatable bonds is 7. The highest BCUT2D eigenvalue weighted by Crippen LogP contribution is 2.29. The molecule has 0 aliphatic heterocycles. The summed E-state index contributed by atoms with van der Waals surface area (Å²) in [5.41, 5.74) is 3.19. The number of hydrogen-bond donors (Lipinski definition) is 3. The Morgan fingerprint density at radius 2 is 1.97 bits per heavy atom. The van der Waals surface area contributed by atoms with Crippen molar-refractivity contribution in [2.45, 2.75) is 6.54 Å². The fourth-order valence-electron chi connectivity index (χ4n) is 3.43. The maximum absolute atomic E-state index is 12.7. The van der Waals surface area contributed by atoms with E-state index in [1.165, 1.54) is 0 Å². The van der Waals surface area contributed by atoms with Crippen molar-refractivity contribution in [1.82, 2.24) is 9.55 Å². The Morgan fingerprint density at radius 1 is 1.12 bits per heavy atom. The maximum atomic E-state index is 12.7. The largest absolute Gasteiger partial charge is 0.495 e. The molecule has 2 aromatic carbocycles. The monoisotopic (exact) mass is 493 g/mol. The second-order valence-corrected chi connectivity index (χ2v) is 7.83. The highest BCUT2D eigenvalue weighted by molar-refractivity contribution is 9.10. The number of carbonyl (C=O) groups excluding carboxylic acids is 2. The van der Waals surface area contributed by atoms with E-state index < -0.39 is 0 Å². The highest BCUT2D eigenvalue weighted by atomic mass is 79.9. The van der Waals surface area contributed by atoms with Crippen LogP contribution in [0.1, 0.15) is 5.56 Å². The van der Waals surface area contributed by atoms with Crippen LogP contribution in [0.3, 0.4) is 0 Å². The first kappa shape index (κ1) is 21.4. The number of nitrogens with zero attached hydrogens (tertiary/aromatic N) is 2. The molecule has 32 heavy (non-hydrogen) atoms. The molecular formula is C23H20BrN5O3. The average Bonchev–Trinajstić information content (AvgIpc) is 3.18. The smallest absolute Gasteiger partial charge is 0.323 e. The number of amides is 3. The van der Waals surface area contributed by atoms with Gasteiger partial charge >= 0.3 is 6.03 Å². The number of halogens is 1. The highest BCUT2D eigenvalue weighted by Gasteiger charge is 2.12. The first-order valence-electron chi connectivity index (χ1n) is 9.72. The normalized spacial score (nSPS) is 10.6. The number of ether oxygens (including phenoxy) is 1. The molecule has 2 aromatic heterocycles. The SMILES string of the molecule is COc1ccc(Br)cc1NC(=O)Nc1cccc2c1ccn2Cc1ccnc(NC=O)c1. The number of methoxy groups -OCH3 is 1.